The Morgan fingerprint density at radius 3 is 2.95 bits per heavy atom. The van der Waals surface area contributed by atoms with Crippen LogP contribution in [0, 0.1) is 5.92 Å². The van der Waals surface area contributed by atoms with E-state index < -0.39 is 17.9 Å². The van der Waals surface area contributed by atoms with E-state index in [1.54, 1.807) is 18.2 Å². The van der Waals surface area contributed by atoms with Gasteiger partial charge in [-0.2, -0.15) is 0 Å². The van der Waals surface area contributed by atoms with Crippen LogP contribution in [0.5, 0.6) is 5.75 Å². The summed E-state index contributed by atoms with van der Waals surface area (Å²) in [6.07, 6.45) is 1.53. The Morgan fingerprint density at radius 2 is 2.32 bits per heavy atom. The summed E-state index contributed by atoms with van der Waals surface area (Å²) < 4.78 is 11.5. The number of carbonyl (C=O) groups excluding carboxylic acids is 1. The zero-order valence-electron chi connectivity index (χ0n) is 12.0. The second kappa shape index (κ2) is 8.14. The van der Waals surface area contributed by atoms with Gasteiger partial charge in [-0.05, 0) is 31.0 Å². The zero-order valence-corrected chi connectivity index (χ0v) is 13.5. The maximum Gasteiger partial charge on any atom is 0.326 e. The van der Waals surface area contributed by atoms with Gasteiger partial charge in [0.15, 0.2) is 6.61 Å². The highest BCUT2D eigenvalue weighted by Gasteiger charge is 2.31. The quantitative estimate of drug-likeness (QED) is 0.796. The molecule has 0 aliphatic carbocycles. The Balaban J connectivity index is 1.86. The van der Waals surface area contributed by atoms with E-state index in [1.165, 1.54) is 0 Å². The fourth-order valence-electron chi connectivity index (χ4n) is 2.33. The van der Waals surface area contributed by atoms with Gasteiger partial charge >= 0.3 is 5.97 Å². The number of rotatable bonds is 6. The Kier molecular flexibility index (Phi) is 6.21. The average Bonchev–Trinajstić information content (AvgIpc) is 2.51. The molecule has 2 unspecified atom stereocenters. The number of carboxylic acid groups (broad SMARTS) is 1. The minimum Gasteiger partial charge on any atom is -0.484 e. The van der Waals surface area contributed by atoms with Gasteiger partial charge < -0.3 is 19.9 Å². The molecule has 0 radical (unpaired) electrons. The fraction of sp³-hybridized carbons (Fsp3) is 0.467. The normalized spacial score (nSPS) is 19.2. The number of hydrogen-bond donors (Lipinski definition) is 2. The highest BCUT2D eigenvalue weighted by molar-refractivity contribution is 9.10. The summed E-state index contributed by atoms with van der Waals surface area (Å²) in [6.45, 7) is 0.764. The lowest BCUT2D eigenvalue weighted by atomic mass is 9.94. The first-order valence-corrected chi connectivity index (χ1v) is 7.84. The highest BCUT2D eigenvalue weighted by Crippen LogP contribution is 2.19. The van der Waals surface area contributed by atoms with Crippen molar-refractivity contribution >= 4 is 27.8 Å². The Bertz CT molecular complexity index is 530. The zero-order chi connectivity index (χ0) is 15.9. The molecule has 22 heavy (non-hydrogen) atoms. The van der Waals surface area contributed by atoms with Crippen molar-refractivity contribution in [3.8, 4) is 5.75 Å². The smallest absolute Gasteiger partial charge is 0.326 e. The molecule has 1 aromatic rings. The van der Waals surface area contributed by atoms with Gasteiger partial charge in [-0.15, -0.1) is 0 Å². The molecule has 1 amide bonds. The number of amides is 1. The van der Waals surface area contributed by atoms with E-state index in [0.29, 0.717) is 19.0 Å². The van der Waals surface area contributed by atoms with Crippen LogP contribution in [0.25, 0.3) is 0 Å². The largest absolute Gasteiger partial charge is 0.484 e. The van der Waals surface area contributed by atoms with E-state index in [2.05, 4.69) is 21.2 Å². The van der Waals surface area contributed by atoms with Crippen LogP contribution in [0.1, 0.15) is 12.8 Å². The number of carboxylic acids is 1. The molecule has 120 valence electrons. The first-order valence-electron chi connectivity index (χ1n) is 7.04. The number of benzene rings is 1. The molecule has 2 rings (SSSR count). The van der Waals surface area contributed by atoms with Gasteiger partial charge in [0.2, 0.25) is 0 Å². The number of nitrogens with one attached hydrogen (secondary N) is 1. The first-order chi connectivity index (χ1) is 10.6. The predicted octanol–water partition coefficient (Wildman–Crippen LogP) is 1.82. The van der Waals surface area contributed by atoms with Crippen LogP contribution in [0.3, 0.4) is 0 Å². The average molecular weight is 372 g/mol. The predicted molar refractivity (Wildman–Crippen MR) is 82.7 cm³/mol. The van der Waals surface area contributed by atoms with Crippen molar-refractivity contribution in [1.82, 2.24) is 5.32 Å². The monoisotopic (exact) mass is 371 g/mol. The summed E-state index contributed by atoms with van der Waals surface area (Å²) >= 11 is 3.31. The molecule has 1 aliphatic heterocycles. The van der Waals surface area contributed by atoms with Crippen LogP contribution in [-0.4, -0.2) is 42.8 Å². The molecular weight excluding hydrogens is 354 g/mol. The molecule has 2 N–H and O–H groups in total. The minimum atomic E-state index is -1.05. The number of carbonyl (C=O) groups is 2. The summed E-state index contributed by atoms with van der Waals surface area (Å²) in [7, 11) is 0. The second-order valence-electron chi connectivity index (χ2n) is 5.11. The lowest BCUT2D eigenvalue weighted by Crippen LogP contribution is -2.49. The van der Waals surface area contributed by atoms with Crippen LogP contribution in [-0.2, 0) is 14.3 Å². The van der Waals surface area contributed by atoms with Crippen molar-refractivity contribution in [3.05, 3.63) is 28.7 Å². The van der Waals surface area contributed by atoms with Gasteiger partial charge in [0.25, 0.3) is 5.91 Å². The maximum atomic E-state index is 11.9. The van der Waals surface area contributed by atoms with Gasteiger partial charge in [0.05, 0.1) is 6.61 Å². The standard InChI is InChI=1S/C15H18BrNO5/c16-11-4-1-5-12(7-11)22-9-13(18)17-14(15(19)20)10-3-2-6-21-8-10/h1,4-5,7,10,14H,2-3,6,8-9H2,(H,17,18)(H,19,20). The molecule has 1 aromatic carbocycles. The van der Waals surface area contributed by atoms with E-state index >= 15 is 0 Å². The van der Waals surface area contributed by atoms with Crippen molar-refractivity contribution in [1.29, 1.82) is 0 Å². The Hall–Kier alpha value is -1.60. The summed E-state index contributed by atoms with van der Waals surface area (Å²) in [5, 5.41) is 11.8. The maximum absolute atomic E-state index is 11.9. The van der Waals surface area contributed by atoms with Gasteiger partial charge in [0.1, 0.15) is 11.8 Å². The minimum absolute atomic E-state index is 0.207. The van der Waals surface area contributed by atoms with E-state index in [1.807, 2.05) is 6.07 Å². The molecule has 0 aromatic heterocycles. The molecule has 0 spiro atoms. The van der Waals surface area contributed by atoms with Crippen LogP contribution >= 0.6 is 15.9 Å². The molecule has 0 saturated carbocycles. The number of ether oxygens (including phenoxy) is 2. The SMILES string of the molecule is O=C(COc1cccc(Br)c1)NC(C(=O)O)C1CCCOC1. The number of hydrogen-bond acceptors (Lipinski definition) is 4. The van der Waals surface area contributed by atoms with Gasteiger partial charge in [-0.1, -0.05) is 22.0 Å². The summed E-state index contributed by atoms with van der Waals surface area (Å²) in [4.78, 5) is 23.2. The third-order valence-corrected chi connectivity index (χ3v) is 3.91. The number of aliphatic carboxylic acids is 1. The van der Waals surface area contributed by atoms with Crippen molar-refractivity contribution in [2.75, 3.05) is 19.8 Å². The highest BCUT2D eigenvalue weighted by atomic mass is 79.9. The molecular formula is C15H18BrNO5. The Morgan fingerprint density at radius 1 is 1.50 bits per heavy atom. The van der Waals surface area contributed by atoms with E-state index in [4.69, 9.17) is 9.47 Å². The van der Waals surface area contributed by atoms with Crippen LogP contribution in [0.4, 0.5) is 0 Å². The molecule has 6 nitrogen and oxygen atoms in total. The van der Waals surface area contributed by atoms with Crippen molar-refractivity contribution in [2.45, 2.75) is 18.9 Å². The molecule has 1 heterocycles. The van der Waals surface area contributed by atoms with Gasteiger partial charge in [-0.25, -0.2) is 4.79 Å². The second-order valence-corrected chi connectivity index (χ2v) is 6.02. The fourth-order valence-corrected chi connectivity index (χ4v) is 2.71. The topological polar surface area (TPSA) is 84.9 Å². The van der Waals surface area contributed by atoms with Crippen LogP contribution < -0.4 is 10.1 Å². The van der Waals surface area contributed by atoms with E-state index in [0.717, 1.165) is 17.3 Å². The summed E-state index contributed by atoms with van der Waals surface area (Å²) in [5.74, 6) is -1.18. The van der Waals surface area contributed by atoms with Gasteiger partial charge in [-0.3, -0.25) is 4.79 Å². The lowest BCUT2D eigenvalue weighted by Gasteiger charge is -2.28. The number of halogens is 1. The molecule has 1 saturated heterocycles. The summed E-state index contributed by atoms with van der Waals surface area (Å²) in [6, 6.07) is 6.14. The molecule has 7 heteroatoms. The molecule has 1 fully saturated rings. The first kappa shape index (κ1) is 16.8. The molecule has 1 aliphatic rings. The van der Waals surface area contributed by atoms with Gasteiger partial charge in [0, 0.05) is 17.0 Å². The third kappa shape index (κ3) is 4.99. The lowest BCUT2D eigenvalue weighted by molar-refractivity contribution is -0.145. The van der Waals surface area contributed by atoms with Crippen LogP contribution in [0.15, 0.2) is 28.7 Å². The van der Waals surface area contributed by atoms with E-state index in [-0.39, 0.29) is 12.5 Å². The van der Waals surface area contributed by atoms with Crippen molar-refractivity contribution in [2.24, 2.45) is 5.92 Å². The Labute approximate surface area is 136 Å². The van der Waals surface area contributed by atoms with Crippen molar-refractivity contribution < 1.29 is 24.2 Å². The third-order valence-electron chi connectivity index (χ3n) is 3.42. The van der Waals surface area contributed by atoms with E-state index in [9.17, 15) is 14.7 Å². The van der Waals surface area contributed by atoms with Crippen LogP contribution in [0.2, 0.25) is 0 Å². The molecule has 0 bridgehead atoms. The van der Waals surface area contributed by atoms with Crippen molar-refractivity contribution in [3.63, 3.8) is 0 Å². The summed E-state index contributed by atoms with van der Waals surface area (Å²) in [5.41, 5.74) is 0. The molecule has 2 atom stereocenters.